The summed E-state index contributed by atoms with van der Waals surface area (Å²) in [6.45, 7) is 2.66. The number of amides is 1. The third-order valence-electron chi connectivity index (χ3n) is 5.46. The van der Waals surface area contributed by atoms with Gasteiger partial charge < -0.3 is 10.1 Å². The molecule has 30 heavy (non-hydrogen) atoms. The van der Waals surface area contributed by atoms with Crippen LogP contribution < -0.4 is 10.9 Å². The lowest BCUT2D eigenvalue weighted by Gasteiger charge is -2.19. The van der Waals surface area contributed by atoms with Crippen LogP contribution in [0, 0.1) is 6.92 Å². The van der Waals surface area contributed by atoms with E-state index in [0.29, 0.717) is 23.0 Å². The van der Waals surface area contributed by atoms with Crippen LogP contribution >= 0.6 is 0 Å². The minimum atomic E-state index is -0.528. The van der Waals surface area contributed by atoms with Crippen molar-refractivity contribution >= 4 is 22.8 Å². The van der Waals surface area contributed by atoms with Gasteiger partial charge in [-0.05, 0) is 37.1 Å². The summed E-state index contributed by atoms with van der Waals surface area (Å²) in [6, 6.07) is 12.0. The Morgan fingerprint density at radius 2 is 1.97 bits per heavy atom. The molecule has 0 aliphatic carbocycles. The summed E-state index contributed by atoms with van der Waals surface area (Å²) in [5.41, 5.74) is 2.73. The number of aryl methyl sites for hydroxylation is 2. The van der Waals surface area contributed by atoms with Crippen molar-refractivity contribution < 1.29 is 14.3 Å². The molecule has 1 aromatic heterocycles. The molecule has 0 saturated carbocycles. The predicted octanol–water partition coefficient (Wildman–Crippen LogP) is 2.69. The number of benzene rings is 2. The average molecular weight is 405 g/mol. The van der Waals surface area contributed by atoms with Crippen LogP contribution in [0.4, 0.5) is 0 Å². The smallest absolute Gasteiger partial charge is 0.307 e. The van der Waals surface area contributed by atoms with Crippen molar-refractivity contribution in [2.75, 3.05) is 7.11 Å². The van der Waals surface area contributed by atoms with E-state index in [1.54, 1.807) is 22.8 Å². The van der Waals surface area contributed by atoms with Gasteiger partial charge in [-0.25, -0.2) is 4.98 Å². The van der Waals surface area contributed by atoms with Crippen LogP contribution in [-0.2, 0) is 22.5 Å². The van der Waals surface area contributed by atoms with Gasteiger partial charge in [0.1, 0.15) is 5.82 Å². The lowest BCUT2D eigenvalue weighted by Crippen LogP contribution is -2.30. The van der Waals surface area contributed by atoms with Gasteiger partial charge in [-0.1, -0.05) is 29.8 Å². The number of esters is 1. The third-order valence-corrected chi connectivity index (χ3v) is 5.46. The summed E-state index contributed by atoms with van der Waals surface area (Å²) in [5.74, 6) is 0.00620. The van der Waals surface area contributed by atoms with Gasteiger partial charge in [-0.3, -0.25) is 19.0 Å². The first kappa shape index (κ1) is 19.8. The Hall–Kier alpha value is -3.48. The fourth-order valence-electron chi connectivity index (χ4n) is 3.77. The second-order valence-corrected chi connectivity index (χ2v) is 7.54. The van der Waals surface area contributed by atoms with Gasteiger partial charge in [0.15, 0.2) is 0 Å². The molecular formula is C23H23N3O4. The second kappa shape index (κ2) is 8.10. The molecule has 1 amide bonds. The highest BCUT2D eigenvalue weighted by Gasteiger charge is 2.21. The van der Waals surface area contributed by atoms with Gasteiger partial charge in [0.05, 0.1) is 30.5 Å². The van der Waals surface area contributed by atoms with Crippen LogP contribution in [0.15, 0.2) is 47.3 Å². The highest BCUT2D eigenvalue weighted by atomic mass is 16.5. The summed E-state index contributed by atoms with van der Waals surface area (Å²) in [5, 5.41) is 3.42. The number of fused-ring (bicyclic) bond motifs is 2. The van der Waals surface area contributed by atoms with Crippen molar-refractivity contribution in [2.24, 2.45) is 0 Å². The van der Waals surface area contributed by atoms with Crippen molar-refractivity contribution in [3.63, 3.8) is 0 Å². The number of nitrogens with zero attached hydrogens (tertiary/aromatic N) is 2. The van der Waals surface area contributed by atoms with E-state index in [1.807, 2.05) is 31.2 Å². The first-order chi connectivity index (χ1) is 14.5. The molecule has 1 aliphatic rings. The highest BCUT2D eigenvalue weighted by molar-refractivity contribution is 5.98. The van der Waals surface area contributed by atoms with E-state index in [4.69, 9.17) is 4.74 Å². The zero-order chi connectivity index (χ0) is 21.3. The zero-order valence-corrected chi connectivity index (χ0v) is 17.0. The SMILES string of the molecule is COC(=O)C[C@@H](NC(=O)c1ccc2c(=O)n3c(nc2c1)CCC3)c1ccc(C)cc1. The van der Waals surface area contributed by atoms with E-state index in [-0.39, 0.29) is 17.9 Å². The minimum absolute atomic E-state index is 0.0198. The fraction of sp³-hybridized carbons (Fsp3) is 0.304. The number of methoxy groups -OCH3 is 1. The first-order valence-corrected chi connectivity index (χ1v) is 9.94. The Kier molecular flexibility index (Phi) is 5.35. The fourth-order valence-corrected chi connectivity index (χ4v) is 3.77. The molecule has 4 rings (SSSR count). The van der Waals surface area contributed by atoms with Crippen molar-refractivity contribution in [3.05, 3.63) is 75.3 Å². The molecule has 2 aromatic carbocycles. The molecule has 1 aliphatic heterocycles. The van der Waals surface area contributed by atoms with Crippen molar-refractivity contribution in [1.29, 1.82) is 0 Å². The predicted molar refractivity (Wildman–Crippen MR) is 112 cm³/mol. The summed E-state index contributed by atoms with van der Waals surface area (Å²) >= 11 is 0. The summed E-state index contributed by atoms with van der Waals surface area (Å²) < 4.78 is 6.49. The molecule has 7 heteroatoms. The van der Waals surface area contributed by atoms with Crippen LogP contribution in [0.2, 0.25) is 0 Å². The number of carbonyl (C=O) groups is 2. The number of hydrogen-bond donors (Lipinski definition) is 1. The Bertz CT molecular complexity index is 1180. The molecule has 0 fully saturated rings. The number of aromatic nitrogens is 2. The number of hydrogen-bond acceptors (Lipinski definition) is 5. The van der Waals surface area contributed by atoms with E-state index in [2.05, 4.69) is 10.3 Å². The average Bonchev–Trinajstić information content (AvgIpc) is 3.22. The molecular weight excluding hydrogens is 382 g/mol. The van der Waals surface area contributed by atoms with Gasteiger partial charge in [0, 0.05) is 18.5 Å². The summed E-state index contributed by atoms with van der Waals surface area (Å²) in [7, 11) is 1.32. The van der Waals surface area contributed by atoms with Crippen LogP contribution in [0.1, 0.15) is 46.2 Å². The molecule has 0 bridgehead atoms. The van der Waals surface area contributed by atoms with Crippen LogP contribution in [0.5, 0.6) is 0 Å². The van der Waals surface area contributed by atoms with Crippen LogP contribution in [-0.4, -0.2) is 28.5 Å². The maximum absolute atomic E-state index is 13.0. The molecule has 7 nitrogen and oxygen atoms in total. The quantitative estimate of drug-likeness (QED) is 0.659. The van der Waals surface area contributed by atoms with Gasteiger partial charge >= 0.3 is 5.97 Å². The van der Waals surface area contributed by atoms with Gasteiger partial charge in [0.2, 0.25) is 0 Å². The maximum atomic E-state index is 13.0. The second-order valence-electron chi connectivity index (χ2n) is 7.54. The Morgan fingerprint density at radius 1 is 1.20 bits per heavy atom. The lowest BCUT2D eigenvalue weighted by atomic mass is 10.0. The van der Waals surface area contributed by atoms with Crippen LogP contribution in [0.25, 0.3) is 10.9 Å². The Morgan fingerprint density at radius 3 is 2.70 bits per heavy atom. The van der Waals surface area contributed by atoms with Gasteiger partial charge in [-0.2, -0.15) is 0 Å². The maximum Gasteiger partial charge on any atom is 0.307 e. The molecule has 0 spiro atoms. The minimum Gasteiger partial charge on any atom is -0.469 e. The molecule has 0 radical (unpaired) electrons. The summed E-state index contributed by atoms with van der Waals surface area (Å²) in [4.78, 5) is 42.0. The van der Waals surface area contributed by atoms with Crippen molar-refractivity contribution in [3.8, 4) is 0 Å². The lowest BCUT2D eigenvalue weighted by molar-refractivity contribution is -0.141. The van der Waals surface area contributed by atoms with E-state index < -0.39 is 12.0 Å². The number of ether oxygens (including phenoxy) is 1. The Labute approximate surface area is 173 Å². The van der Waals surface area contributed by atoms with Crippen molar-refractivity contribution in [1.82, 2.24) is 14.9 Å². The van der Waals surface area contributed by atoms with E-state index >= 15 is 0 Å². The standard InChI is InChI=1S/C23H23N3O4/c1-14-5-7-15(8-6-14)18(13-21(27)30-2)25-22(28)16-9-10-17-19(12-16)24-20-4-3-11-26(20)23(17)29/h5-10,12,18H,3-4,11,13H2,1-2H3,(H,25,28)/t18-/m1/s1. The molecule has 1 N–H and O–H groups in total. The van der Waals surface area contributed by atoms with E-state index in [0.717, 1.165) is 29.8 Å². The molecule has 1 atom stereocenters. The normalized spacial score (nSPS) is 13.7. The third kappa shape index (κ3) is 3.83. The highest BCUT2D eigenvalue weighted by Crippen LogP contribution is 2.20. The first-order valence-electron chi connectivity index (χ1n) is 9.94. The molecule has 154 valence electrons. The van der Waals surface area contributed by atoms with E-state index in [1.165, 1.54) is 7.11 Å². The molecule has 0 saturated heterocycles. The Balaban J connectivity index is 1.64. The summed E-state index contributed by atoms with van der Waals surface area (Å²) in [6.07, 6.45) is 1.68. The topological polar surface area (TPSA) is 90.3 Å². The van der Waals surface area contributed by atoms with Gasteiger partial charge in [0.25, 0.3) is 11.5 Å². The number of nitrogens with one attached hydrogen (secondary N) is 1. The number of carbonyl (C=O) groups excluding carboxylic acids is 2. The van der Waals surface area contributed by atoms with E-state index in [9.17, 15) is 14.4 Å². The largest absolute Gasteiger partial charge is 0.469 e. The van der Waals surface area contributed by atoms with Gasteiger partial charge in [-0.15, -0.1) is 0 Å². The zero-order valence-electron chi connectivity index (χ0n) is 17.0. The number of rotatable bonds is 5. The monoisotopic (exact) mass is 405 g/mol. The molecule has 2 heterocycles. The molecule has 3 aromatic rings. The molecule has 0 unspecified atom stereocenters. The van der Waals surface area contributed by atoms with Crippen molar-refractivity contribution in [2.45, 2.75) is 38.8 Å². The van der Waals surface area contributed by atoms with Crippen LogP contribution in [0.3, 0.4) is 0 Å².